The molecule has 84 valence electrons. The van der Waals surface area contributed by atoms with Gasteiger partial charge in [-0.3, -0.25) is 0 Å². The molecule has 0 bridgehead atoms. The molecule has 0 radical (unpaired) electrons. The molecule has 0 aliphatic heterocycles. The van der Waals surface area contributed by atoms with E-state index in [-0.39, 0.29) is 11.4 Å². The molecule has 0 saturated heterocycles. The Balaban J connectivity index is 2.73. The number of likely N-dealkylation sites (N-methyl/N-ethyl adjacent to an activating group) is 1. The molecule has 3 heteroatoms. The van der Waals surface area contributed by atoms with Crippen LogP contribution in [0, 0.1) is 5.82 Å². The SMILES string of the molecule is CCC(C)(N)CN(C)c1cccc(F)c1. The van der Waals surface area contributed by atoms with Gasteiger partial charge in [0.25, 0.3) is 0 Å². The molecule has 0 saturated carbocycles. The van der Waals surface area contributed by atoms with Gasteiger partial charge < -0.3 is 10.6 Å². The molecule has 15 heavy (non-hydrogen) atoms. The second-order valence-corrected chi connectivity index (χ2v) is 4.34. The van der Waals surface area contributed by atoms with Crippen molar-refractivity contribution in [1.29, 1.82) is 0 Å². The van der Waals surface area contributed by atoms with E-state index in [1.54, 1.807) is 6.07 Å². The summed E-state index contributed by atoms with van der Waals surface area (Å²) in [5.74, 6) is -0.213. The van der Waals surface area contributed by atoms with Crippen LogP contribution in [0.1, 0.15) is 20.3 Å². The van der Waals surface area contributed by atoms with E-state index in [1.165, 1.54) is 12.1 Å². The number of nitrogens with zero attached hydrogens (tertiary/aromatic N) is 1. The molecular weight excluding hydrogens is 191 g/mol. The van der Waals surface area contributed by atoms with E-state index in [4.69, 9.17) is 5.73 Å². The molecule has 2 N–H and O–H groups in total. The maximum Gasteiger partial charge on any atom is 0.125 e. The summed E-state index contributed by atoms with van der Waals surface area (Å²) in [6, 6.07) is 6.56. The number of hydrogen-bond donors (Lipinski definition) is 1. The molecule has 0 aliphatic rings. The summed E-state index contributed by atoms with van der Waals surface area (Å²) in [4.78, 5) is 1.98. The lowest BCUT2D eigenvalue weighted by Gasteiger charge is -2.30. The van der Waals surface area contributed by atoms with Crippen molar-refractivity contribution in [3.8, 4) is 0 Å². The van der Waals surface area contributed by atoms with Crippen LogP contribution >= 0.6 is 0 Å². The lowest BCUT2D eigenvalue weighted by molar-refractivity contribution is 0.455. The zero-order valence-electron chi connectivity index (χ0n) is 9.63. The fraction of sp³-hybridized carbons (Fsp3) is 0.500. The van der Waals surface area contributed by atoms with Crippen LogP contribution in [0.25, 0.3) is 0 Å². The minimum atomic E-state index is -0.235. The Hall–Kier alpha value is -1.09. The zero-order chi connectivity index (χ0) is 11.5. The van der Waals surface area contributed by atoms with E-state index in [0.29, 0.717) is 6.54 Å². The van der Waals surface area contributed by atoms with E-state index in [9.17, 15) is 4.39 Å². The third kappa shape index (κ3) is 3.51. The first-order valence-corrected chi connectivity index (χ1v) is 5.20. The molecule has 2 nitrogen and oxygen atoms in total. The van der Waals surface area contributed by atoms with Gasteiger partial charge in [-0.2, -0.15) is 0 Å². The predicted molar refractivity (Wildman–Crippen MR) is 62.6 cm³/mol. The minimum Gasteiger partial charge on any atom is -0.373 e. The Morgan fingerprint density at radius 1 is 1.47 bits per heavy atom. The largest absolute Gasteiger partial charge is 0.373 e. The fourth-order valence-corrected chi connectivity index (χ4v) is 1.46. The van der Waals surface area contributed by atoms with Crippen LogP contribution in [0.5, 0.6) is 0 Å². The highest BCUT2D eigenvalue weighted by atomic mass is 19.1. The monoisotopic (exact) mass is 210 g/mol. The second kappa shape index (κ2) is 4.62. The Morgan fingerprint density at radius 3 is 2.67 bits per heavy atom. The van der Waals surface area contributed by atoms with Crippen LogP contribution < -0.4 is 10.6 Å². The lowest BCUT2D eigenvalue weighted by atomic mass is 10.00. The van der Waals surface area contributed by atoms with Crippen molar-refractivity contribution in [3.63, 3.8) is 0 Å². The maximum absolute atomic E-state index is 13.0. The van der Waals surface area contributed by atoms with Crippen LogP contribution in [0.15, 0.2) is 24.3 Å². The predicted octanol–water partition coefficient (Wildman–Crippen LogP) is 2.39. The molecule has 0 aromatic heterocycles. The second-order valence-electron chi connectivity index (χ2n) is 4.34. The highest BCUT2D eigenvalue weighted by Crippen LogP contribution is 2.16. The van der Waals surface area contributed by atoms with E-state index in [1.807, 2.05) is 24.9 Å². The van der Waals surface area contributed by atoms with E-state index < -0.39 is 0 Å². The van der Waals surface area contributed by atoms with Gasteiger partial charge in [-0.05, 0) is 31.5 Å². The van der Waals surface area contributed by atoms with Gasteiger partial charge in [0.1, 0.15) is 5.82 Å². The van der Waals surface area contributed by atoms with Crippen molar-refractivity contribution in [1.82, 2.24) is 0 Å². The molecule has 1 aromatic rings. The van der Waals surface area contributed by atoms with Crippen molar-refractivity contribution in [2.75, 3.05) is 18.5 Å². The highest BCUT2D eigenvalue weighted by Gasteiger charge is 2.18. The van der Waals surface area contributed by atoms with Gasteiger partial charge in [-0.15, -0.1) is 0 Å². The van der Waals surface area contributed by atoms with Crippen LogP contribution in [0.2, 0.25) is 0 Å². The van der Waals surface area contributed by atoms with Crippen LogP contribution in [0.4, 0.5) is 10.1 Å². The number of anilines is 1. The summed E-state index contributed by atoms with van der Waals surface area (Å²) in [5.41, 5.74) is 6.68. The highest BCUT2D eigenvalue weighted by molar-refractivity contribution is 5.46. The van der Waals surface area contributed by atoms with Crippen LogP contribution in [-0.2, 0) is 0 Å². The first kappa shape index (κ1) is 12.0. The van der Waals surface area contributed by atoms with Gasteiger partial charge in [0.2, 0.25) is 0 Å². The average molecular weight is 210 g/mol. The number of halogens is 1. The summed E-state index contributed by atoms with van der Waals surface area (Å²) in [6.07, 6.45) is 0.895. The maximum atomic E-state index is 13.0. The Bertz CT molecular complexity index is 323. The average Bonchev–Trinajstić information content (AvgIpc) is 2.17. The molecule has 0 aliphatic carbocycles. The van der Waals surface area contributed by atoms with Gasteiger partial charge in [-0.1, -0.05) is 13.0 Å². The van der Waals surface area contributed by atoms with Crippen molar-refractivity contribution < 1.29 is 4.39 Å². The summed E-state index contributed by atoms with van der Waals surface area (Å²) in [7, 11) is 1.93. The smallest absolute Gasteiger partial charge is 0.125 e. The number of benzene rings is 1. The Morgan fingerprint density at radius 2 is 2.13 bits per heavy atom. The van der Waals surface area contributed by atoms with Crippen molar-refractivity contribution in [2.45, 2.75) is 25.8 Å². The number of nitrogens with two attached hydrogens (primary N) is 1. The van der Waals surface area contributed by atoms with E-state index >= 15 is 0 Å². The summed E-state index contributed by atoms with van der Waals surface area (Å²) in [6.45, 7) is 4.77. The molecule has 0 spiro atoms. The molecule has 1 aromatic carbocycles. The molecule has 0 amide bonds. The standard InChI is InChI=1S/C12H19FN2/c1-4-12(2,14)9-15(3)11-7-5-6-10(13)8-11/h5-8H,4,9,14H2,1-3H3. The first-order valence-electron chi connectivity index (χ1n) is 5.20. The molecule has 1 rings (SSSR count). The third-order valence-corrected chi connectivity index (χ3v) is 2.66. The van der Waals surface area contributed by atoms with Crippen molar-refractivity contribution >= 4 is 5.69 Å². The lowest BCUT2D eigenvalue weighted by Crippen LogP contribution is -2.46. The Labute approximate surface area is 90.9 Å². The molecule has 0 fully saturated rings. The summed E-state index contributed by atoms with van der Waals surface area (Å²) >= 11 is 0. The molecular formula is C12H19FN2. The van der Waals surface area contributed by atoms with Gasteiger partial charge >= 0.3 is 0 Å². The Kier molecular flexibility index (Phi) is 3.69. The topological polar surface area (TPSA) is 29.3 Å². The minimum absolute atomic E-state index is 0.213. The van der Waals surface area contributed by atoms with Gasteiger partial charge in [0.15, 0.2) is 0 Å². The van der Waals surface area contributed by atoms with Crippen molar-refractivity contribution in [3.05, 3.63) is 30.1 Å². The fourth-order valence-electron chi connectivity index (χ4n) is 1.46. The van der Waals surface area contributed by atoms with Gasteiger partial charge in [-0.25, -0.2) is 4.39 Å². The van der Waals surface area contributed by atoms with Gasteiger partial charge in [0, 0.05) is 24.8 Å². The van der Waals surface area contributed by atoms with Gasteiger partial charge in [0.05, 0.1) is 0 Å². The van der Waals surface area contributed by atoms with Crippen molar-refractivity contribution in [2.24, 2.45) is 5.73 Å². The zero-order valence-corrected chi connectivity index (χ0v) is 9.63. The number of hydrogen-bond acceptors (Lipinski definition) is 2. The molecule has 1 atom stereocenters. The van der Waals surface area contributed by atoms with Crippen LogP contribution in [-0.4, -0.2) is 19.1 Å². The summed E-state index contributed by atoms with van der Waals surface area (Å²) in [5, 5.41) is 0. The molecule has 1 unspecified atom stereocenters. The molecule has 0 heterocycles. The third-order valence-electron chi connectivity index (χ3n) is 2.66. The van der Waals surface area contributed by atoms with E-state index in [2.05, 4.69) is 6.92 Å². The number of rotatable bonds is 4. The van der Waals surface area contributed by atoms with E-state index in [0.717, 1.165) is 12.1 Å². The van der Waals surface area contributed by atoms with Crippen LogP contribution in [0.3, 0.4) is 0 Å². The summed E-state index contributed by atoms with van der Waals surface area (Å²) < 4.78 is 13.0. The quantitative estimate of drug-likeness (QED) is 0.826. The first-order chi connectivity index (χ1) is 6.94. The normalized spacial score (nSPS) is 14.7.